The summed E-state index contributed by atoms with van der Waals surface area (Å²) in [6, 6.07) is 7.30. The van der Waals surface area contributed by atoms with Gasteiger partial charge in [-0.2, -0.15) is 0 Å². The largest absolute Gasteiger partial charge is 0.491 e. The Morgan fingerprint density at radius 2 is 1.85 bits per heavy atom. The van der Waals surface area contributed by atoms with E-state index in [4.69, 9.17) is 4.74 Å². The van der Waals surface area contributed by atoms with Crippen molar-refractivity contribution < 1.29 is 29.0 Å². The number of likely N-dealkylation sites (tertiary alicyclic amines) is 1. The van der Waals surface area contributed by atoms with Crippen LogP contribution in [0.4, 0.5) is 0 Å². The van der Waals surface area contributed by atoms with Crippen LogP contribution in [0, 0.1) is 17.8 Å². The number of carbonyl (C=O) groups is 4. The van der Waals surface area contributed by atoms with Crippen molar-refractivity contribution in [2.75, 3.05) is 19.8 Å². The molecule has 1 aromatic rings. The highest BCUT2D eigenvalue weighted by atomic mass is 16.5. The average molecular weight is 462 g/mol. The third-order valence-electron chi connectivity index (χ3n) is 7.55. The highest BCUT2D eigenvalue weighted by molar-refractivity contribution is 6.23. The number of ether oxygens (including phenoxy) is 1. The van der Waals surface area contributed by atoms with Crippen LogP contribution in [0.15, 0.2) is 58.7 Å². The van der Waals surface area contributed by atoms with Crippen LogP contribution in [0.2, 0.25) is 0 Å². The highest BCUT2D eigenvalue weighted by Gasteiger charge is 2.56. The van der Waals surface area contributed by atoms with Gasteiger partial charge in [0.1, 0.15) is 12.4 Å². The molecule has 1 aliphatic heterocycles. The van der Waals surface area contributed by atoms with Crippen molar-refractivity contribution in [3.8, 4) is 5.75 Å². The smallest absolute Gasteiger partial charge is 0.233 e. The molecule has 0 saturated carbocycles. The Morgan fingerprint density at radius 1 is 1.09 bits per heavy atom. The van der Waals surface area contributed by atoms with Crippen LogP contribution in [0.25, 0.3) is 0 Å². The Balaban J connectivity index is 1.69. The zero-order valence-corrected chi connectivity index (χ0v) is 19.2. The molecule has 2 amide bonds. The molecule has 1 saturated heterocycles. The Kier molecular flexibility index (Phi) is 5.60. The van der Waals surface area contributed by atoms with Gasteiger partial charge in [0.2, 0.25) is 11.8 Å². The summed E-state index contributed by atoms with van der Waals surface area (Å²) in [6.45, 7) is 3.67. The zero-order valence-electron chi connectivity index (χ0n) is 19.2. The molecule has 3 aliphatic carbocycles. The van der Waals surface area contributed by atoms with Gasteiger partial charge in [0.05, 0.1) is 18.4 Å². The molecule has 0 radical (unpaired) electrons. The van der Waals surface area contributed by atoms with E-state index in [1.807, 2.05) is 24.3 Å². The van der Waals surface area contributed by atoms with E-state index in [9.17, 15) is 24.3 Å². The van der Waals surface area contributed by atoms with Crippen molar-refractivity contribution in [2.24, 2.45) is 17.8 Å². The Morgan fingerprint density at radius 3 is 2.59 bits per heavy atom. The molecule has 4 aliphatic rings. The molecule has 0 aromatic heterocycles. The molecule has 5 rings (SSSR count). The number of rotatable bonds is 5. The second kappa shape index (κ2) is 8.47. The topological polar surface area (TPSA) is 101 Å². The van der Waals surface area contributed by atoms with E-state index in [-0.39, 0.29) is 48.9 Å². The van der Waals surface area contributed by atoms with E-state index in [1.165, 1.54) is 11.0 Å². The summed E-state index contributed by atoms with van der Waals surface area (Å²) >= 11 is 0. The summed E-state index contributed by atoms with van der Waals surface area (Å²) in [5.74, 6) is -2.08. The maximum Gasteiger partial charge on any atom is 0.233 e. The summed E-state index contributed by atoms with van der Waals surface area (Å²) in [6.07, 6.45) is 4.08. The number of allylic oxidation sites excluding steroid dienone is 6. The Labute approximate surface area is 197 Å². The van der Waals surface area contributed by atoms with Gasteiger partial charge in [-0.3, -0.25) is 24.1 Å². The Bertz CT molecular complexity index is 1210. The quantitative estimate of drug-likeness (QED) is 0.411. The maximum atomic E-state index is 13.3. The fourth-order valence-corrected chi connectivity index (χ4v) is 6.12. The number of aliphatic hydroxyl groups is 1. The second-order valence-electron chi connectivity index (χ2n) is 9.26. The van der Waals surface area contributed by atoms with Gasteiger partial charge in [-0.1, -0.05) is 29.8 Å². The first-order chi connectivity index (χ1) is 16.4. The zero-order chi connectivity index (χ0) is 24.1. The molecule has 1 fully saturated rings. The van der Waals surface area contributed by atoms with Gasteiger partial charge in [-0.25, -0.2) is 0 Å². The number of amides is 2. The first kappa shape index (κ1) is 22.5. The lowest BCUT2D eigenvalue weighted by Crippen LogP contribution is -2.39. The van der Waals surface area contributed by atoms with Gasteiger partial charge in [0.25, 0.3) is 0 Å². The van der Waals surface area contributed by atoms with Gasteiger partial charge < -0.3 is 9.84 Å². The van der Waals surface area contributed by atoms with Gasteiger partial charge >= 0.3 is 0 Å². The first-order valence-electron chi connectivity index (χ1n) is 11.8. The molecule has 0 bridgehead atoms. The number of imide groups is 1. The molecule has 1 N–H and O–H groups in total. The molecular weight excluding hydrogens is 434 g/mol. The lowest BCUT2D eigenvalue weighted by Gasteiger charge is -2.42. The number of benzene rings is 1. The van der Waals surface area contributed by atoms with Gasteiger partial charge in [0.15, 0.2) is 11.6 Å². The van der Waals surface area contributed by atoms with E-state index >= 15 is 0 Å². The van der Waals surface area contributed by atoms with Crippen LogP contribution < -0.4 is 4.74 Å². The van der Waals surface area contributed by atoms with Crippen molar-refractivity contribution in [3.63, 3.8) is 0 Å². The van der Waals surface area contributed by atoms with Gasteiger partial charge in [0, 0.05) is 34.7 Å². The number of nitrogens with zero attached hydrogens (tertiary/aromatic N) is 1. The molecule has 7 heteroatoms. The van der Waals surface area contributed by atoms with Crippen molar-refractivity contribution in [1.82, 2.24) is 4.90 Å². The molecule has 0 spiro atoms. The molecule has 34 heavy (non-hydrogen) atoms. The number of Topliss-reactive ketones (excluding diaryl/α,β-unsaturated/α-hetero) is 1. The minimum atomic E-state index is -0.552. The lowest BCUT2D eigenvalue weighted by atomic mass is 9.59. The fourth-order valence-electron chi connectivity index (χ4n) is 6.12. The average Bonchev–Trinajstić information content (AvgIpc) is 3.09. The van der Waals surface area contributed by atoms with Crippen LogP contribution in [0.5, 0.6) is 5.75 Å². The molecule has 1 aromatic carbocycles. The van der Waals surface area contributed by atoms with E-state index in [0.29, 0.717) is 35.4 Å². The predicted octanol–water partition coefficient (Wildman–Crippen LogP) is 2.51. The summed E-state index contributed by atoms with van der Waals surface area (Å²) in [5, 5.41) is 9.29. The molecule has 4 atom stereocenters. The van der Waals surface area contributed by atoms with E-state index in [0.717, 1.165) is 11.1 Å². The molecular formula is C27H27NO6. The summed E-state index contributed by atoms with van der Waals surface area (Å²) < 4.78 is 5.80. The third-order valence-corrected chi connectivity index (χ3v) is 7.55. The predicted molar refractivity (Wildman–Crippen MR) is 123 cm³/mol. The highest BCUT2D eigenvalue weighted by Crippen LogP contribution is 2.56. The number of carbonyl (C=O) groups excluding carboxylic acids is 4. The fraction of sp³-hybridized carbons (Fsp3) is 0.407. The lowest BCUT2D eigenvalue weighted by molar-refractivity contribution is -0.139. The van der Waals surface area contributed by atoms with Crippen molar-refractivity contribution in [3.05, 3.63) is 64.3 Å². The van der Waals surface area contributed by atoms with Gasteiger partial charge in [-0.05, 0) is 44.7 Å². The minimum Gasteiger partial charge on any atom is -0.491 e. The van der Waals surface area contributed by atoms with E-state index in [1.54, 1.807) is 19.9 Å². The number of aliphatic hydroxyl groups excluding tert-OH is 1. The van der Waals surface area contributed by atoms with Crippen LogP contribution in [-0.4, -0.2) is 53.1 Å². The van der Waals surface area contributed by atoms with Crippen LogP contribution in [0.1, 0.15) is 38.2 Å². The van der Waals surface area contributed by atoms with Crippen molar-refractivity contribution >= 4 is 23.4 Å². The Hall–Kier alpha value is -3.32. The standard InChI is InChI=1S/C27H27NO6/c1-3-28-26(32)17-9-8-15-18(23(17)27(28)33)13-19-24(20(30)12-14(2)25(19)31)22(15)16-6-4-5-7-21(16)34-11-10-29/h4-8,12,17-18,22-23,29H,3,9-11,13H2,1-2H3/t17-,18+,22+,23-/m0/s1. The van der Waals surface area contributed by atoms with E-state index in [2.05, 4.69) is 0 Å². The number of ketones is 2. The number of fused-ring (bicyclic) bond motifs is 3. The van der Waals surface area contributed by atoms with Crippen LogP contribution in [0.3, 0.4) is 0 Å². The van der Waals surface area contributed by atoms with Crippen LogP contribution >= 0.6 is 0 Å². The third kappa shape index (κ3) is 3.21. The molecule has 7 nitrogen and oxygen atoms in total. The van der Waals surface area contributed by atoms with Gasteiger partial charge in [-0.15, -0.1) is 0 Å². The van der Waals surface area contributed by atoms with Crippen molar-refractivity contribution in [1.29, 1.82) is 0 Å². The normalized spacial score (nSPS) is 28.4. The van der Waals surface area contributed by atoms with E-state index < -0.39 is 17.8 Å². The first-order valence-corrected chi connectivity index (χ1v) is 11.8. The van der Waals surface area contributed by atoms with Crippen LogP contribution in [-0.2, 0) is 19.2 Å². The second-order valence-corrected chi connectivity index (χ2v) is 9.26. The summed E-state index contributed by atoms with van der Waals surface area (Å²) in [7, 11) is 0. The number of hydrogen-bond acceptors (Lipinski definition) is 6. The van der Waals surface area contributed by atoms with Crippen molar-refractivity contribution in [2.45, 2.75) is 32.6 Å². The number of para-hydroxylation sites is 1. The SMILES string of the molecule is CCN1C(=O)[C@H]2[C@H](CC=C3[C@H](c4ccccc4OCCO)C4=C(C[C@H]32)C(=O)C(C)=CC4=O)C1=O. The molecule has 1 heterocycles. The number of hydrogen-bond donors (Lipinski definition) is 1. The summed E-state index contributed by atoms with van der Waals surface area (Å²) in [4.78, 5) is 54.1. The maximum absolute atomic E-state index is 13.3. The summed E-state index contributed by atoms with van der Waals surface area (Å²) in [5.41, 5.74) is 2.87. The minimum absolute atomic E-state index is 0.0904. The molecule has 176 valence electrons. The monoisotopic (exact) mass is 461 g/mol. The molecule has 0 unspecified atom stereocenters.